The molecule has 0 unspecified atom stereocenters. The van der Waals surface area contributed by atoms with Gasteiger partial charge in [-0.15, -0.1) is 11.8 Å². The molecule has 0 saturated heterocycles. The summed E-state index contributed by atoms with van der Waals surface area (Å²) in [5.41, 5.74) is -0.932. The average molecular weight is 211 g/mol. The summed E-state index contributed by atoms with van der Waals surface area (Å²) in [7, 11) is 0. The van der Waals surface area contributed by atoms with Crippen LogP contribution in [0.2, 0.25) is 0 Å². The number of pyridine rings is 1. The number of rotatable bonds is 1. The van der Waals surface area contributed by atoms with Gasteiger partial charge in [0.15, 0.2) is 0 Å². The molecule has 1 aromatic rings. The smallest absolute Gasteiger partial charge is 0.227 e. The molecule has 13 heavy (non-hydrogen) atoms. The van der Waals surface area contributed by atoms with Crippen molar-refractivity contribution in [3.8, 4) is 0 Å². The Bertz CT molecular complexity index is 310. The summed E-state index contributed by atoms with van der Waals surface area (Å²) >= 11 is 0.888. The molecule has 0 radical (unpaired) electrons. The highest BCUT2D eigenvalue weighted by atomic mass is 32.2. The first-order valence-corrected chi connectivity index (χ1v) is 4.44. The molecule has 0 aliphatic rings. The fourth-order valence-electron chi connectivity index (χ4n) is 0.726. The van der Waals surface area contributed by atoms with Gasteiger partial charge in [0.05, 0.1) is 10.5 Å². The number of aromatic nitrogens is 1. The van der Waals surface area contributed by atoms with E-state index in [0.29, 0.717) is 6.20 Å². The van der Waals surface area contributed by atoms with E-state index in [4.69, 9.17) is 0 Å². The molecule has 0 fully saturated rings. The Morgan fingerprint density at radius 1 is 1.38 bits per heavy atom. The Kier molecular flexibility index (Phi) is 2.80. The first-order valence-electron chi connectivity index (χ1n) is 3.22. The molecular formula is C7H5F4NS. The number of nitrogens with zero attached hydrogens (tertiary/aromatic N) is 1. The second-order valence-corrected chi connectivity index (χ2v) is 3.06. The molecule has 1 rings (SSSR count). The summed E-state index contributed by atoms with van der Waals surface area (Å²) in [6.45, 7) is 0. The lowest BCUT2D eigenvalue weighted by Gasteiger charge is -2.06. The Morgan fingerprint density at radius 2 is 2.00 bits per heavy atom. The second kappa shape index (κ2) is 3.53. The quantitative estimate of drug-likeness (QED) is 0.402. The van der Waals surface area contributed by atoms with E-state index in [1.807, 2.05) is 0 Å². The van der Waals surface area contributed by atoms with Gasteiger partial charge in [0.25, 0.3) is 0 Å². The molecule has 0 spiro atoms. The third-order valence-corrected chi connectivity index (χ3v) is 2.08. The fraction of sp³-hybridized carbons (Fsp3) is 0.286. The summed E-state index contributed by atoms with van der Waals surface area (Å²) in [5, 5.41) is 0. The highest BCUT2D eigenvalue weighted by Crippen LogP contribution is 2.31. The van der Waals surface area contributed by atoms with E-state index in [-0.39, 0.29) is 4.90 Å². The van der Waals surface area contributed by atoms with Crippen molar-refractivity contribution in [3.63, 3.8) is 0 Å². The Balaban J connectivity index is 3.14. The van der Waals surface area contributed by atoms with E-state index in [2.05, 4.69) is 4.98 Å². The van der Waals surface area contributed by atoms with Crippen LogP contribution in [0.4, 0.5) is 17.6 Å². The highest BCUT2D eigenvalue weighted by molar-refractivity contribution is 7.98. The van der Waals surface area contributed by atoms with Crippen molar-refractivity contribution >= 4 is 11.8 Å². The van der Waals surface area contributed by atoms with Gasteiger partial charge in [-0.1, -0.05) is 0 Å². The Hall–Kier alpha value is -0.780. The van der Waals surface area contributed by atoms with E-state index in [1.165, 1.54) is 6.26 Å². The third kappa shape index (κ3) is 2.33. The van der Waals surface area contributed by atoms with Crippen LogP contribution in [0, 0.1) is 5.95 Å². The minimum absolute atomic E-state index is 0.102. The van der Waals surface area contributed by atoms with Crippen LogP contribution < -0.4 is 0 Å². The second-order valence-electron chi connectivity index (χ2n) is 2.21. The summed E-state index contributed by atoms with van der Waals surface area (Å²) in [6.07, 6.45) is -2.50. The SMILES string of the molecule is CSc1cc(C(F)(F)F)cnc1F. The van der Waals surface area contributed by atoms with Gasteiger partial charge in [-0.05, 0) is 12.3 Å². The molecular weight excluding hydrogens is 206 g/mol. The maximum Gasteiger partial charge on any atom is 0.417 e. The lowest BCUT2D eigenvalue weighted by Crippen LogP contribution is -2.06. The van der Waals surface area contributed by atoms with E-state index < -0.39 is 17.7 Å². The van der Waals surface area contributed by atoms with Crippen molar-refractivity contribution in [3.05, 3.63) is 23.8 Å². The molecule has 0 atom stereocenters. The molecule has 0 aromatic carbocycles. The van der Waals surface area contributed by atoms with Gasteiger partial charge in [-0.25, -0.2) is 4.98 Å². The minimum Gasteiger partial charge on any atom is -0.227 e. The van der Waals surface area contributed by atoms with Crippen LogP contribution in [0.5, 0.6) is 0 Å². The van der Waals surface area contributed by atoms with Gasteiger partial charge in [0.2, 0.25) is 5.95 Å². The van der Waals surface area contributed by atoms with E-state index in [9.17, 15) is 17.6 Å². The number of halogens is 4. The molecule has 0 amide bonds. The Morgan fingerprint density at radius 3 is 2.46 bits per heavy atom. The molecule has 0 saturated carbocycles. The van der Waals surface area contributed by atoms with Crippen LogP contribution in [-0.2, 0) is 6.18 Å². The van der Waals surface area contributed by atoms with Crippen LogP contribution in [0.25, 0.3) is 0 Å². The van der Waals surface area contributed by atoms with Crippen LogP contribution in [-0.4, -0.2) is 11.2 Å². The molecule has 0 aliphatic carbocycles. The molecule has 0 N–H and O–H groups in total. The predicted molar refractivity (Wildman–Crippen MR) is 41.0 cm³/mol. The van der Waals surface area contributed by atoms with Crippen LogP contribution >= 0.6 is 11.8 Å². The van der Waals surface area contributed by atoms with E-state index in [1.54, 1.807) is 0 Å². The first kappa shape index (κ1) is 10.3. The normalized spacial score (nSPS) is 11.8. The summed E-state index contributed by atoms with van der Waals surface area (Å²) in [5.74, 6) is -0.875. The van der Waals surface area contributed by atoms with Crippen LogP contribution in [0.3, 0.4) is 0 Å². The lowest BCUT2D eigenvalue weighted by molar-refractivity contribution is -0.138. The van der Waals surface area contributed by atoms with Crippen molar-refractivity contribution in [1.82, 2.24) is 4.98 Å². The van der Waals surface area contributed by atoms with Gasteiger partial charge in [0, 0.05) is 6.20 Å². The number of thioether (sulfide) groups is 1. The maximum absolute atomic E-state index is 12.7. The topological polar surface area (TPSA) is 12.9 Å². The highest BCUT2D eigenvalue weighted by Gasteiger charge is 2.31. The monoisotopic (exact) mass is 211 g/mol. The molecule has 0 bridgehead atoms. The lowest BCUT2D eigenvalue weighted by atomic mass is 10.3. The third-order valence-electron chi connectivity index (χ3n) is 1.35. The van der Waals surface area contributed by atoms with Crippen molar-refractivity contribution in [1.29, 1.82) is 0 Å². The van der Waals surface area contributed by atoms with Gasteiger partial charge in [-0.3, -0.25) is 0 Å². The standard InChI is InChI=1S/C7H5F4NS/c1-13-5-2-4(7(9,10)11)3-12-6(5)8/h2-3H,1H3. The van der Waals surface area contributed by atoms with Crippen molar-refractivity contribution < 1.29 is 17.6 Å². The molecule has 1 nitrogen and oxygen atoms in total. The van der Waals surface area contributed by atoms with Crippen molar-refractivity contribution in [2.24, 2.45) is 0 Å². The van der Waals surface area contributed by atoms with E-state index >= 15 is 0 Å². The maximum atomic E-state index is 12.7. The zero-order chi connectivity index (χ0) is 10.1. The molecule has 6 heteroatoms. The number of hydrogen-bond acceptors (Lipinski definition) is 2. The first-order chi connectivity index (χ1) is 5.95. The number of hydrogen-bond donors (Lipinski definition) is 0. The zero-order valence-corrected chi connectivity index (χ0v) is 7.34. The predicted octanol–water partition coefficient (Wildman–Crippen LogP) is 2.96. The minimum atomic E-state index is -4.47. The molecule has 1 heterocycles. The van der Waals surface area contributed by atoms with Crippen molar-refractivity contribution in [2.75, 3.05) is 6.26 Å². The van der Waals surface area contributed by atoms with Crippen molar-refractivity contribution in [2.45, 2.75) is 11.1 Å². The summed E-state index contributed by atoms with van der Waals surface area (Å²) in [6, 6.07) is 0.743. The van der Waals surface area contributed by atoms with Gasteiger partial charge in [0.1, 0.15) is 0 Å². The average Bonchev–Trinajstić information content (AvgIpc) is 2.03. The number of alkyl halides is 3. The van der Waals surface area contributed by atoms with E-state index in [0.717, 1.165) is 17.8 Å². The van der Waals surface area contributed by atoms with Gasteiger partial charge in [-0.2, -0.15) is 17.6 Å². The largest absolute Gasteiger partial charge is 0.417 e. The summed E-state index contributed by atoms with van der Waals surface area (Å²) < 4.78 is 48.9. The zero-order valence-electron chi connectivity index (χ0n) is 6.52. The van der Waals surface area contributed by atoms with Crippen LogP contribution in [0.1, 0.15) is 5.56 Å². The van der Waals surface area contributed by atoms with Crippen LogP contribution in [0.15, 0.2) is 17.2 Å². The van der Waals surface area contributed by atoms with Gasteiger partial charge < -0.3 is 0 Å². The molecule has 1 aromatic heterocycles. The molecule has 0 aliphatic heterocycles. The molecule has 72 valence electrons. The summed E-state index contributed by atoms with van der Waals surface area (Å²) in [4.78, 5) is 2.91. The Labute approximate surface area is 76.2 Å². The van der Waals surface area contributed by atoms with Gasteiger partial charge >= 0.3 is 6.18 Å². The fourth-order valence-corrected chi connectivity index (χ4v) is 1.19.